The summed E-state index contributed by atoms with van der Waals surface area (Å²) in [5.41, 5.74) is -16.5. The van der Waals surface area contributed by atoms with Crippen LogP contribution in [-0.2, 0) is 20.6 Å². The second-order valence-corrected chi connectivity index (χ2v) is 15.4. The van der Waals surface area contributed by atoms with Gasteiger partial charge in [0.25, 0.3) is 0 Å². The maximum Gasteiger partial charge on any atom is 0.339 e. The number of benzene rings is 1. The largest absolute Gasteiger partial charge is 0.462 e. The number of likely N-dealkylation sites (N-methyl/N-ethyl adjacent to an activating group) is 1. The highest BCUT2D eigenvalue weighted by molar-refractivity contribution is 5.82. The van der Waals surface area contributed by atoms with E-state index in [0.29, 0.717) is 23.9 Å². The van der Waals surface area contributed by atoms with E-state index in [2.05, 4.69) is 18.7 Å². The van der Waals surface area contributed by atoms with Crippen molar-refractivity contribution in [2.75, 3.05) is 32.8 Å². The van der Waals surface area contributed by atoms with Crippen LogP contribution in [0.4, 0.5) is 0 Å². The molecule has 4 rings (SSSR count). The zero-order valence-electron chi connectivity index (χ0n) is 31.2. The quantitative estimate of drug-likeness (QED) is 0.163. The lowest BCUT2D eigenvalue weighted by Gasteiger charge is -2.66. The van der Waals surface area contributed by atoms with Crippen LogP contribution in [0.25, 0.3) is 11.0 Å². The molecule has 3 heterocycles. The second kappa shape index (κ2) is 13.0. The Morgan fingerprint density at radius 1 is 0.780 bits per heavy atom. The van der Waals surface area contributed by atoms with Gasteiger partial charge < -0.3 is 64.0 Å². The Morgan fingerprint density at radius 3 is 1.86 bits per heavy atom. The van der Waals surface area contributed by atoms with Gasteiger partial charge in [-0.1, -0.05) is 13.8 Å². The summed E-state index contributed by atoms with van der Waals surface area (Å²) in [6.45, 7) is 16.8. The van der Waals surface area contributed by atoms with Crippen LogP contribution in [0.5, 0.6) is 5.75 Å². The Balaban J connectivity index is 1.70. The van der Waals surface area contributed by atoms with Crippen LogP contribution in [0.3, 0.4) is 0 Å². The lowest BCUT2D eigenvalue weighted by Crippen LogP contribution is -2.86. The van der Waals surface area contributed by atoms with Gasteiger partial charge in [-0.2, -0.15) is 0 Å². The van der Waals surface area contributed by atoms with Crippen LogP contribution >= 0.6 is 0 Å². The summed E-state index contributed by atoms with van der Waals surface area (Å²) in [6, 6.07) is 4.80. The van der Waals surface area contributed by atoms with Crippen LogP contribution in [-0.4, -0.2) is 131 Å². The molecule has 2 aromatic rings. The number of rotatable bonds is 11. The third-order valence-corrected chi connectivity index (χ3v) is 12.6. The highest BCUT2D eigenvalue weighted by Gasteiger charge is 2.76. The van der Waals surface area contributed by atoms with Crippen LogP contribution in [0.1, 0.15) is 80.4 Å². The van der Waals surface area contributed by atoms with E-state index < -0.39 is 76.2 Å². The number of aliphatic hydroxyl groups excluding tert-OH is 2. The molecule has 2 aliphatic heterocycles. The molecule has 2 fully saturated rings. The molecule has 7 N–H and O–H groups in total. The fourth-order valence-electron chi connectivity index (χ4n) is 7.17. The molecule has 0 radical (unpaired) electrons. The van der Waals surface area contributed by atoms with E-state index in [4.69, 9.17) is 23.4 Å². The molecule has 2 aliphatic rings. The number of ether oxygens (including phenoxy) is 4. The molecule has 14 nitrogen and oxygen atoms in total. The minimum Gasteiger partial charge on any atom is -0.462 e. The third-order valence-electron chi connectivity index (χ3n) is 12.6. The van der Waals surface area contributed by atoms with E-state index in [9.17, 15) is 40.5 Å². The maximum absolute atomic E-state index is 13.0. The van der Waals surface area contributed by atoms with Crippen molar-refractivity contribution in [2.45, 2.75) is 140 Å². The predicted molar refractivity (Wildman–Crippen MR) is 183 cm³/mol. The molecular weight excluding hydrogens is 654 g/mol. The molecule has 284 valence electrons. The van der Waals surface area contributed by atoms with Crippen LogP contribution < -0.4 is 10.4 Å². The highest BCUT2D eigenvalue weighted by atomic mass is 16.8. The molecule has 0 aliphatic carbocycles. The predicted octanol–water partition coefficient (Wildman–Crippen LogP) is 1.11. The molecule has 2 saturated heterocycles. The van der Waals surface area contributed by atoms with Gasteiger partial charge in [-0.25, -0.2) is 4.79 Å². The standard InChI is InChI=1S/C36H57NO13/c1-12-37(13-2)17-16-24-21(3)23-15-14-22(18-25(23)47-26(24)40)46-27-31(6,41)35(10,45)36(11,30(5,20-39)48-27)50-28-32(7,42)34(9,44)33(8,43)29(4,19-38)49-28/h14-15,18,27-28,38-39,41-45H,12-13,16-17,19-20H2,1-11H3/t27-,28+,29?,30?,31?,32?,33+,34+,35+,36-/m1/s1. The van der Waals surface area contributed by atoms with Crippen molar-refractivity contribution in [3.8, 4) is 5.75 Å². The topological polar surface area (TPSA) is 212 Å². The minimum atomic E-state index is -2.39. The van der Waals surface area contributed by atoms with E-state index in [1.54, 1.807) is 12.1 Å². The SMILES string of the molecule is CCN(CC)CCc1c(C)c2ccc(O[C@@H]3OC(C)(CO)[C@@](C)(O[C@@H]4OC(C)(CO)[C@](C)(O)[C@@](C)(O)C4(C)O)[C@@](C)(O)C3(C)O)cc2oc1=O. The van der Waals surface area contributed by atoms with E-state index in [0.717, 1.165) is 32.5 Å². The van der Waals surface area contributed by atoms with Gasteiger partial charge in [-0.05, 0) is 99.5 Å². The first-order chi connectivity index (χ1) is 22.8. The molecule has 50 heavy (non-hydrogen) atoms. The average Bonchev–Trinajstić information content (AvgIpc) is 3.03. The summed E-state index contributed by atoms with van der Waals surface area (Å²) in [5.74, 6) is 0.123. The van der Waals surface area contributed by atoms with Gasteiger partial charge in [0.15, 0.2) is 11.9 Å². The summed E-state index contributed by atoms with van der Waals surface area (Å²) >= 11 is 0. The smallest absolute Gasteiger partial charge is 0.339 e. The van der Waals surface area contributed by atoms with Crippen LogP contribution in [0, 0.1) is 6.92 Å². The zero-order chi connectivity index (χ0) is 38.1. The van der Waals surface area contributed by atoms with Gasteiger partial charge >= 0.3 is 5.63 Å². The van der Waals surface area contributed by atoms with Gasteiger partial charge in [0.2, 0.25) is 6.29 Å². The molecule has 14 heteroatoms. The molecule has 4 unspecified atom stereocenters. The summed E-state index contributed by atoms with van der Waals surface area (Å²) < 4.78 is 30.3. The van der Waals surface area contributed by atoms with E-state index >= 15 is 0 Å². The number of aliphatic hydroxyl groups is 7. The van der Waals surface area contributed by atoms with Gasteiger partial charge in [0.05, 0.1) is 13.2 Å². The van der Waals surface area contributed by atoms with Crippen LogP contribution in [0.2, 0.25) is 0 Å². The summed E-state index contributed by atoms with van der Waals surface area (Å²) in [4.78, 5) is 15.3. The minimum absolute atomic E-state index is 0.123. The van der Waals surface area contributed by atoms with Crippen molar-refractivity contribution < 1.29 is 59.1 Å². The fraction of sp³-hybridized carbons (Fsp3) is 0.750. The Bertz CT molecular complexity index is 1610. The van der Waals surface area contributed by atoms with Gasteiger partial charge in [0.1, 0.15) is 50.5 Å². The summed E-state index contributed by atoms with van der Waals surface area (Å²) in [7, 11) is 0. The molecule has 0 amide bonds. The first-order valence-electron chi connectivity index (χ1n) is 17.1. The van der Waals surface area contributed by atoms with E-state index in [-0.39, 0.29) is 11.3 Å². The third kappa shape index (κ3) is 5.71. The summed E-state index contributed by atoms with van der Waals surface area (Å²) in [5, 5.41) is 80.3. The average molecular weight is 712 g/mol. The normalized spacial score (nSPS) is 42.3. The highest BCUT2D eigenvalue weighted by Crippen LogP contribution is 2.56. The van der Waals surface area contributed by atoms with Gasteiger partial charge in [-0.15, -0.1) is 0 Å². The zero-order valence-corrected chi connectivity index (χ0v) is 31.2. The number of aryl methyl sites for hydroxylation is 1. The number of nitrogens with zero attached hydrogens (tertiary/aromatic N) is 1. The second-order valence-electron chi connectivity index (χ2n) is 15.4. The Hall–Kier alpha value is -2.21. The fourth-order valence-corrected chi connectivity index (χ4v) is 7.17. The van der Waals surface area contributed by atoms with Crippen molar-refractivity contribution in [1.82, 2.24) is 4.90 Å². The Labute approximate surface area is 293 Å². The van der Waals surface area contributed by atoms with Gasteiger partial charge in [-0.3, -0.25) is 0 Å². The van der Waals surface area contributed by atoms with Gasteiger partial charge in [0, 0.05) is 23.6 Å². The van der Waals surface area contributed by atoms with E-state index in [1.807, 2.05) is 6.92 Å². The number of fused-ring (bicyclic) bond motifs is 1. The van der Waals surface area contributed by atoms with Crippen molar-refractivity contribution >= 4 is 11.0 Å². The maximum atomic E-state index is 13.0. The molecule has 1 aromatic carbocycles. The number of hydrogen-bond donors (Lipinski definition) is 7. The van der Waals surface area contributed by atoms with Crippen molar-refractivity contribution in [1.29, 1.82) is 0 Å². The molecule has 1 aromatic heterocycles. The van der Waals surface area contributed by atoms with Crippen molar-refractivity contribution in [3.05, 3.63) is 39.7 Å². The van der Waals surface area contributed by atoms with Crippen molar-refractivity contribution in [3.63, 3.8) is 0 Å². The first-order valence-corrected chi connectivity index (χ1v) is 17.1. The Morgan fingerprint density at radius 2 is 1.32 bits per heavy atom. The summed E-state index contributed by atoms with van der Waals surface area (Å²) in [6.07, 6.45) is -2.99. The van der Waals surface area contributed by atoms with E-state index in [1.165, 1.54) is 47.6 Å². The molecule has 0 spiro atoms. The molecule has 10 atom stereocenters. The first kappa shape index (κ1) is 40.6. The molecule has 0 saturated carbocycles. The number of hydrogen-bond acceptors (Lipinski definition) is 14. The molecule has 0 bridgehead atoms. The van der Waals surface area contributed by atoms with Crippen molar-refractivity contribution in [2.24, 2.45) is 0 Å². The lowest BCUT2D eigenvalue weighted by molar-refractivity contribution is -0.473. The monoisotopic (exact) mass is 711 g/mol. The van der Waals surface area contributed by atoms with Crippen LogP contribution in [0.15, 0.2) is 27.4 Å². The Kier molecular flexibility index (Phi) is 10.6. The lowest BCUT2D eigenvalue weighted by atomic mass is 9.62. The molecular formula is C36H57NO13.